The Bertz CT molecular complexity index is 929. The number of carbonyl (C=O) groups is 1. The number of benzene rings is 1. The molecule has 3 heterocycles. The number of rotatable bonds is 4. The Hall–Kier alpha value is -2.77. The van der Waals surface area contributed by atoms with Crippen molar-refractivity contribution in [3.05, 3.63) is 54.0 Å². The Kier molecular flexibility index (Phi) is 4.40. The summed E-state index contributed by atoms with van der Waals surface area (Å²) in [4.78, 5) is 18.2. The standard InChI is InChI=1S/C19H21N5O2/c1-13(23-6-8-26-9-7-23)14-2-4-15(5-3-14)16-10-21-19-17(18(20)25)11-22-24(19)12-16/h2-5,10-13H,6-9H2,1H3,(H2,20,25)/t13-/m1/s1. The van der Waals surface area contributed by atoms with Crippen LogP contribution in [-0.2, 0) is 4.74 Å². The van der Waals surface area contributed by atoms with E-state index >= 15 is 0 Å². The molecule has 2 aromatic heterocycles. The molecule has 0 radical (unpaired) electrons. The van der Waals surface area contributed by atoms with Gasteiger partial charge in [-0.25, -0.2) is 9.50 Å². The van der Waals surface area contributed by atoms with Crippen molar-refractivity contribution in [3.63, 3.8) is 0 Å². The van der Waals surface area contributed by atoms with Gasteiger partial charge in [0.25, 0.3) is 5.91 Å². The molecule has 7 nitrogen and oxygen atoms in total. The van der Waals surface area contributed by atoms with E-state index in [0.717, 1.165) is 37.4 Å². The summed E-state index contributed by atoms with van der Waals surface area (Å²) >= 11 is 0. The molecule has 1 atom stereocenters. The minimum atomic E-state index is -0.526. The summed E-state index contributed by atoms with van der Waals surface area (Å²) in [7, 11) is 0. The van der Waals surface area contributed by atoms with Crippen molar-refractivity contribution in [2.45, 2.75) is 13.0 Å². The van der Waals surface area contributed by atoms with Crippen LogP contribution in [0.5, 0.6) is 0 Å². The number of carbonyl (C=O) groups excluding carboxylic acids is 1. The summed E-state index contributed by atoms with van der Waals surface area (Å²) < 4.78 is 7.01. The van der Waals surface area contributed by atoms with Crippen molar-refractivity contribution in [2.24, 2.45) is 5.73 Å². The lowest BCUT2D eigenvalue weighted by Crippen LogP contribution is -2.37. The van der Waals surface area contributed by atoms with Crippen molar-refractivity contribution < 1.29 is 9.53 Å². The van der Waals surface area contributed by atoms with Crippen LogP contribution in [-0.4, -0.2) is 51.7 Å². The maximum Gasteiger partial charge on any atom is 0.254 e. The molecule has 1 saturated heterocycles. The van der Waals surface area contributed by atoms with Crippen LogP contribution < -0.4 is 5.73 Å². The second kappa shape index (κ2) is 6.86. The zero-order valence-electron chi connectivity index (χ0n) is 14.6. The molecule has 7 heteroatoms. The van der Waals surface area contributed by atoms with Crippen LogP contribution in [0.4, 0.5) is 0 Å². The highest BCUT2D eigenvalue weighted by Gasteiger charge is 2.18. The highest BCUT2D eigenvalue weighted by molar-refractivity contribution is 5.98. The topological polar surface area (TPSA) is 85.8 Å². The quantitative estimate of drug-likeness (QED) is 0.776. The first kappa shape index (κ1) is 16.7. The molecule has 1 aromatic carbocycles. The molecular formula is C19H21N5O2. The van der Waals surface area contributed by atoms with E-state index in [9.17, 15) is 4.79 Å². The van der Waals surface area contributed by atoms with Gasteiger partial charge in [0.2, 0.25) is 0 Å². The van der Waals surface area contributed by atoms with Gasteiger partial charge >= 0.3 is 0 Å². The molecule has 2 N–H and O–H groups in total. The molecule has 0 aliphatic carbocycles. The van der Waals surface area contributed by atoms with Crippen LogP contribution in [0, 0.1) is 0 Å². The molecule has 26 heavy (non-hydrogen) atoms. The van der Waals surface area contributed by atoms with E-state index in [1.165, 1.54) is 11.8 Å². The van der Waals surface area contributed by atoms with Crippen LogP contribution in [0.15, 0.2) is 42.9 Å². The molecular weight excluding hydrogens is 330 g/mol. The van der Waals surface area contributed by atoms with E-state index in [0.29, 0.717) is 17.3 Å². The average molecular weight is 351 g/mol. The smallest absolute Gasteiger partial charge is 0.254 e. The molecule has 1 fully saturated rings. The number of ether oxygens (including phenoxy) is 1. The third-order valence-corrected chi connectivity index (χ3v) is 4.94. The highest BCUT2D eigenvalue weighted by atomic mass is 16.5. The largest absolute Gasteiger partial charge is 0.379 e. The number of aromatic nitrogens is 3. The molecule has 1 amide bonds. The third kappa shape index (κ3) is 3.07. The van der Waals surface area contributed by atoms with Gasteiger partial charge in [-0.15, -0.1) is 0 Å². The SMILES string of the molecule is C[C@H](c1ccc(-c2cnc3c(C(N)=O)cnn3c2)cc1)N1CCOCC1. The predicted molar refractivity (Wildman–Crippen MR) is 97.7 cm³/mol. The van der Waals surface area contributed by atoms with Crippen LogP contribution in [0.3, 0.4) is 0 Å². The summed E-state index contributed by atoms with van der Waals surface area (Å²) in [6.45, 7) is 5.75. The highest BCUT2D eigenvalue weighted by Crippen LogP contribution is 2.25. The maximum absolute atomic E-state index is 11.4. The first-order valence-corrected chi connectivity index (χ1v) is 8.69. The van der Waals surface area contributed by atoms with Gasteiger partial charge in [0.15, 0.2) is 5.65 Å². The Morgan fingerprint density at radius 2 is 1.88 bits per heavy atom. The van der Waals surface area contributed by atoms with Gasteiger partial charge in [0.1, 0.15) is 5.56 Å². The summed E-state index contributed by atoms with van der Waals surface area (Å²) in [5.41, 5.74) is 9.39. The van der Waals surface area contributed by atoms with Crippen molar-refractivity contribution in [3.8, 4) is 11.1 Å². The molecule has 3 aromatic rings. The number of primary amides is 1. The number of morpholine rings is 1. The number of amides is 1. The normalized spacial score (nSPS) is 16.7. The molecule has 134 valence electrons. The van der Waals surface area contributed by atoms with Crippen LogP contribution in [0.2, 0.25) is 0 Å². The van der Waals surface area contributed by atoms with Gasteiger partial charge in [-0.2, -0.15) is 5.10 Å². The van der Waals surface area contributed by atoms with Crippen molar-refractivity contribution in [1.82, 2.24) is 19.5 Å². The number of fused-ring (bicyclic) bond motifs is 1. The van der Waals surface area contributed by atoms with Crippen LogP contribution in [0.25, 0.3) is 16.8 Å². The molecule has 4 rings (SSSR count). The molecule has 0 unspecified atom stereocenters. The van der Waals surface area contributed by atoms with E-state index in [-0.39, 0.29) is 0 Å². The Morgan fingerprint density at radius 3 is 2.58 bits per heavy atom. The van der Waals surface area contributed by atoms with Gasteiger partial charge in [-0.05, 0) is 18.1 Å². The van der Waals surface area contributed by atoms with E-state index < -0.39 is 5.91 Å². The van der Waals surface area contributed by atoms with Crippen molar-refractivity contribution >= 4 is 11.6 Å². The first-order valence-electron chi connectivity index (χ1n) is 8.69. The van der Waals surface area contributed by atoms with E-state index in [1.807, 2.05) is 6.20 Å². The van der Waals surface area contributed by atoms with Crippen LogP contribution in [0.1, 0.15) is 28.9 Å². The zero-order chi connectivity index (χ0) is 18.1. The zero-order valence-corrected chi connectivity index (χ0v) is 14.6. The Balaban J connectivity index is 1.58. The fraction of sp³-hybridized carbons (Fsp3) is 0.316. The maximum atomic E-state index is 11.4. The first-order chi connectivity index (χ1) is 12.6. The van der Waals surface area contributed by atoms with Crippen molar-refractivity contribution in [2.75, 3.05) is 26.3 Å². The fourth-order valence-corrected chi connectivity index (χ4v) is 3.33. The van der Waals surface area contributed by atoms with Crippen molar-refractivity contribution in [1.29, 1.82) is 0 Å². The summed E-state index contributed by atoms with van der Waals surface area (Å²) in [6, 6.07) is 8.84. The van der Waals surface area contributed by atoms with Crippen LogP contribution >= 0.6 is 0 Å². The lowest BCUT2D eigenvalue weighted by Gasteiger charge is -2.32. The van der Waals surface area contributed by atoms with Gasteiger partial charge in [0, 0.05) is 37.1 Å². The Morgan fingerprint density at radius 1 is 1.15 bits per heavy atom. The minimum absolute atomic E-state index is 0.325. The molecule has 0 saturated carbocycles. The molecule has 1 aliphatic heterocycles. The van der Waals surface area contributed by atoms with E-state index in [4.69, 9.17) is 10.5 Å². The molecule has 0 bridgehead atoms. The second-order valence-electron chi connectivity index (χ2n) is 6.48. The minimum Gasteiger partial charge on any atom is -0.379 e. The summed E-state index contributed by atoms with van der Waals surface area (Å²) in [5.74, 6) is -0.526. The predicted octanol–water partition coefficient (Wildman–Crippen LogP) is 1.89. The summed E-state index contributed by atoms with van der Waals surface area (Å²) in [6.07, 6.45) is 5.04. The van der Waals surface area contributed by atoms with Gasteiger partial charge in [-0.3, -0.25) is 9.69 Å². The van der Waals surface area contributed by atoms with Gasteiger partial charge in [-0.1, -0.05) is 24.3 Å². The monoisotopic (exact) mass is 351 g/mol. The Labute approximate surface area is 151 Å². The molecule has 0 spiro atoms. The van der Waals surface area contributed by atoms with Gasteiger partial charge in [0.05, 0.1) is 19.4 Å². The number of nitrogens with two attached hydrogens (primary N) is 1. The fourth-order valence-electron chi connectivity index (χ4n) is 3.33. The lowest BCUT2D eigenvalue weighted by atomic mass is 10.0. The number of hydrogen-bond acceptors (Lipinski definition) is 5. The van der Waals surface area contributed by atoms with E-state index in [2.05, 4.69) is 46.2 Å². The average Bonchev–Trinajstić information content (AvgIpc) is 3.12. The van der Waals surface area contributed by atoms with E-state index in [1.54, 1.807) is 10.7 Å². The number of hydrogen-bond donors (Lipinski definition) is 1. The second-order valence-corrected chi connectivity index (χ2v) is 6.48. The molecule has 1 aliphatic rings. The lowest BCUT2D eigenvalue weighted by molar-refractivity contribution is 0.0198. The number of nitrogens with zero attached hydrogens (tertiary/aromatic N) is 4. The third-order valence-electron chi connectivity index (χ3n) is 4.94. The summed E-state index contributed by atoms with van der Waals surface area (Å²) in [5, 5.41) is 4.17. The van der Waals surface area contributed by atoms with Gasteiger partial charge < -0.3 is 10.5 Å².